The molecule has 0 aromatic carbocycles. The standard InChI is InChI=1S/C11H19N3/c1-4-14(9(2)3)11-6-5-10(7-12)8-13-11/h5-6,8-9H,4,7,12H2,1-3H3. The van der Waals surface area contributed by atoms with Gasteiger partial charge in [0, 0.05) is 25.3 Å². The summed E-state index contributed by atoms with van der Waals surface area (Å²) in [7, 11) is 0. The van der Waals surface area contributed by atoms with E-state index in [-0.39, 0.29) is 0 Å². The molecule has 0 fully saturated rings. The molecule has 0 amide bonds. The maximum absolute atomic E-state index is 5.51. The molecule has 1 rings (SSSR count). The summed E-state index contributed by atoms with van der Waals surface area (Å²) in [6.45, 7) is 8.01. The molecule has 0 aliphatic carbocycles. The van der Waals surface area contributed by atoms with Gasteiger partial charge in [0.1, 0.15) is 5.82 Å². The second kappa shape index (κ2) is 4.96. The van der Waals surface area contributed by atoms with Gasteiger partial charge in [-0.1, -0.05) is 6.07 Å². The molecule has 2 N–H and O–H groups in total. The predicted molar refractivity (Wildman–Crippen MR) is 60.3 cm³/mol. The van der Waals surface area contributed by atoms with Crippen molar-refractivity contribution >= 4 is 5.82 Å². The molecule has 0 aliphatic heterocycles. The van der Waals surface area contributed by atoms with Gasteiger partial charge < -0.3 is 10.6 Å². The maximum Gasteiger partial charge on any atom is 0.128 e. The predicted octanol–water partition coefficient (Wildman–Crippen LogP) is 1.77. The van der Waals surface area contributed by atoms with Crippen LogP contribution in [0.15, 0.2) is 18.3 Å². The largest absolute Gasteiger partial charge is 0.354 e. The van der Waals surface area contributed by atoms with E-state index >= 15 is 0 Å². The van der Waals surface area contributed by atoms with E-state index in [0.29, 0.717) is 12.6 Å². The molecule has 3 nitrogen and oxygen atoms in total. The number of nitrogens with zero attached hydrogens (tertiary/aromatic N) is 2. The molecule has 0 atom stereocenters. The lowest BCUT2D eigenvalue weighted by Gasteiger charge is -2.26. The molecule has 0 spiro atoms. The molecule has 0 saturated heterocycles. The van der Waals surface area contributed by atoms with Crippen LogP contribution in [0.4, 0.5) is 5.82 Å². The summed E-state index contributed by atoms with van der Waals surface area (Å²) in [5.41, 5.74) is 6.59. The van der Waals surface area contributed by atoms with Crippen LogP contribution in [0.25, 0.3) is 0 Å². The van der Waals surface area contributed by atoms with Crippen molar-refractivity contribution in [1.82, 2.24) is 4.98 Å². The second-order valence-corrected chi connectivity index (χ2v) is 3.61. The first-order chi connectivity index (χ1) is 6.69. The molecule has 0 aliphatic rings. The van der Waals surface area contributed by atoms with Gasteiger partial charge >= 0.3 is 0 Å². The fraction of sp³-hybridized carbons (Fsp3) is 0.545. The Morgan fingerprint density at radius 2 is 2.14 bits per heavy atom. The van der Waals surface area contributed by atoms with Gasteiger partial charge in [0.05, 0.1) is 0 Å². The van der Waals surface area contributed by atoms with E-state index in [1.807, 2.05) is 18.3 Å². The number of anilines is 1. The Labute approximate surface area is 85.9 Å². The molecule has 0 bridgehead atoms. The molecule has 1 aromatic heterocycles. The fourth-order valence-electron chi connectivity index (χ4n) is 1.50. The first-order valence-electron chi connectivity index (χ1n) is 5.10. The van der Waals surface area contributed by atoms with Crippen molar-refractivity contribution in [3.8, 4) is 0 Å². The van der Waals surface area contributed by atoms with Crippen LogP contribution in [0.3, 0.4) is 0 Å². The number of pyridine rings is 1. The number of hydrogen-bond acceptors (Lipinski definition) is 3. The van der Waals surface area contributed by atoms with Crippen molar-refractivity contribution in [2.24, 2.45) is 5.73 Å². The Bertz CT molecular complexity index is 266. The number of hydrogen-bond donors (Lipinski definition) is 1. The second-order valence-electron chi connectivity index (χ2n) is 3.61. The van der Waals surface area contributed by atoms with Gasteiger partial charge in [0.25, 0.3) is 0 Å². The topological polar surface area (TPSA) is 42.1 Å². The Morgan fingerprint density at radius 1 is 1.43 bits per heavy atom. The molecule has 0 radical (unpaired) electrons. The van der Waals surface area contributed by atoms with Gasteiger partial charge in [-0.05, 0) is 32.4 Å². The highest BCUT2D eigenvalue weighted by Gasteiger charge is 2.08. The summed E-state index contributed by atoms with van der Waals surface area (Å²) in [4.78, 5) is 6.64. The van der Waals surface area contributed by atoms with Crippen LogP contribution in [-0.4, -0.2) is 17.6 Å². The van der Waals surface area contributed by atoms with Crippen molar-refractivity contribution in [3.05, 3.63) is 23.9 Å². The zero-order chi connectivity index (χ0) is 10.6. The Morgan fingerprint density at radius 3 is 2.50 bits per heavy atom. The van der Waals surface area contributed by atoms with Gasteiger partial charge in [0.2, 0.25) is 0 Å². The molecular formula is C11H19N3. The van der Waals surface area contributed by atoms with Crippen molar-refractivity contribution in [2.75, 3.05) is 11.4 Å². The van der Waals surface area contributed by atoms with E-state index in [9.17, 15) is 0 Å². The van der Waals surface area contributed by atoms with Crippen LogP contribution in [-0.2, 0) is 6.54 Å². The van der Waals surface area contributed by atoms with E-state index in [2.05, 4.69) is 30.7 Å². The van der Waals surface area contributed by atoms with Crippen LogP contribution in [0.5, 0.6) is 0 Å². The average Bonchev–Trinajstić information content (AvgIpc) is 2.19. The zero-order valence-corrected chi connectivity index (χ0v) is 9.20. The van der Waals surface area contributed by atoms with E-state index in [0.717, 1.165) is 17.9 Å². The lowest BCUT2D eigenvalue weighted by molar-refractivity contribution is 0.693. The molecule has 14 heavy (non-hydrogen) atoms. The third-order valence-corrected chi connectivity index (χ3v) is 2.30. The van der Waals surface area contributed by atoms with Gasteiger partial charge in [-0.3, -0.25) is 0 Å². The number of nitrogens with two attached hydrogens (primary N) is 1. The smallest absolute Gasteiger partial charge is 0.128 e. The summed E-state index contributed by atoms with van der Waals surface area (Å²) in [6.07, 6.45) is 1.85. The SMILES string of the molecule is CCN(c1ccc(CN)cn1)C(C)C. The highest BCUT2D eigenvalue weighted by atomic mass is 15.2. The fourth-order valence-corrected chi connectivity index (χ4v) is 1.50. The quantitative estimate of drug-likeness (QED) is 0.792. The maximum atomic E-state index is 5.51. The average molecular weight is 193 g/mol. The van der Waals surface area contributed by atoms with Crippen LogP contribution in [0.1, 0.15) is 26.3 Å². The minimum atomic E-state index is 0.483. The molecule has 3 heteroatoms. The summed E-state index contributed by atoms with van der Waals surface area (Å²) in [5, 5.41) is 0. The molecule has 78 valence electrons. The van der Waals surface area contributed by atoms with Gasteiger partial charge in [-0.25, -0.2) is 4.98 Å². The molecule has 0 saturated carbocycles. The van der Waals surface area contributed by atoms with E-state index in [1.165, 1.54) is 0 Å². The summed E-state index contributed by atoms with van der Waals surface area (Å²) in [5.74, 6) is 1.03. The van der Waals surface area contributed by atoms with Gasteiger partial charge in [0.15, 0.2) is 0 Å². The molecular weight excluding hydrogens is 174 g/mol. The van der Waals surface area contributed by atoms with Crippen molar-refractivity contribution in [3.63, 3.8) is 0 Å². The first kappa shape index (κ1) is 11.0. The van der Waals surface area contributed by atoms with Crippen molar-refractivity contribution < 1.29 is 0 Å². The van der Waals surface area contributed by atoms with E-state index in [4.69, 9.17) is 5.73 Å². The molecule has 0 unspecified atom stereocenters. The molecule has 1 heterocycles. The third kappa shape index (κ3) is 2.45. The number of aromatic nitrogens is 1. The summed E-state index contributed by atoms with van der Waals surface area (Å²) < 4.78 is 0. The van der Waals surface area contributed by atoms with Crippen LogP contribution in [0, 0.1) is 0 Å². The highest BCUT2D eigenvalue weighted by molar-refractivity contribution is 5.39. The van der Waals surface area contributed by atoms with Crippen molar-refractivity contribution in [1.29, 1.82) is 0 Å². The third-order valence-electron chi connectivity index (χ3n) is 2.30. The normalized spacial score (nSPS) is 10.6. The van der Waals surface area contributed by atoms with E-state index in [1.54, 1.807) is 0 Å². The van der Waals surface area contributed by atoms with E-state index < -0.39 is 0 Å². The van der Waals surface area contributed by atoms with Crippen molar-refractivity contribution in [2.45, 2.75) is 33.4 Å². The Hall–Kier alpha value is -1.09. The lowest BCUT2D eigenvalue weighted by atomic mass is 10.2. The zero-order valence-electron chi connectivity index (χ0n) is 9.20. The minimum absolute atomic E-state index is 0.483. The number of rotatable bonds is 4. The monoisotopic (exact) mass is 193 g/mol. The summed E-state index contributed by atoms with van der Waals surface area (Å²) in [6, 6.07) is 4.55. The molecule has 1 aromatic rings. The van der Waals surface area contributed by atoms with Crippen LogP contribution in [0.2, 0.25) is 0 Å². The minimum Gasteiger partial charge on any atom is -0.354 e. The Balaban J connectivity index is 2.84. The van der Waals surface area contributed by atoms with Crippen LogP contribution >= 0.6 is 0 Å². The summed E-state index contributed by atoms with van der Waals surface area (Å²) >= 11 is 0. The van der Waals surface area contributed by atoms with Gasteiger partial charge in [-0.2, -0.15) is 0 Å². The van der Waals surface area contributed by atoms with Gasteiger partial charge in [-0.15, -0.1) is 0 Å². The first-order valence-corrected chi connectivity index (χ1v) is 5.10. The lowest BCUT2D eigenvalue weighted by Crippen LogP contribution is -2.31. The Kier molecular flexibility index (Phi) is 3.89. The highest BCUT2D eigenvalue weighted by Crippen LogP contribution is 2.13. The van der Waals surface area contributed by atoms with Crippen LogP contribution < -0.4 is 10.6 Å².